The first kappa shape index (κ1) is 15.7. The number of nitro benzene ring substituents is 1. The topological polar surface area (TPSA) is 63.5 Å². The van der Waals surface area contributed by atoms with Crippen LogP contribution in [0.4, 0.5) is 5.69 Å². The Balaban J connectivity index is 2.05. The van der Waals surface area contributed by atoms with Gasteiger partial charge in [0, 0.05) is 33.4 Å². The summed E-state index contributed by atoms with van der Waals surface area (Å²) in [7, 11) is 1.70. The SMILES string of the molecule is CN(Cc1cc(Br)cs1)C(=O)Cc1ccccc1[N+](=O)[O-]. The third-order valence-electron chi connectivity index (χ3n) is 2.97. The predicted octanol–water partition coefficient (Wildman–Crippen LogP) is 3.62. The Morgan fingerprint density at radius 1 is 1.43 bits per heavy atom. The Morgan fingerprint density at radius 2 is 2.14 bits per heavy atom. The van der Waals surface area contributed by atoms with E-state index < -0.39 is 4.92 Å². The molecule has 0 fully saturated rings. The first-order valence-electron chi connectivity index (χ1n) is 6.16. The average molecular weight is 369 g/mol. The molecule has 1 amide bonds. The van der Waals surface area contributed by atoms with E-state index in [4.69, 9.17) is 0 Å². The van der Waals surface area contributed by atoms with Crippen LogP contribution in [0.15, 0.2) is 40.2 Å². The third kappa shape index (κ3) is 4.12. The van der Waals surface area contributed by atoms with Crippen molar-refractivity contribution >= 4 is 38.9 Å². The van der Waals surface area contributed by atoms with Gasteiger partial charge in [0.25, 0.3) is 5.69 Å². The molecule has 0 aliphatic carbocycles. The van der Waals surface area contributed by atoms with Gasteiger partial charge in [-0.3, -0.25) is 14.9 Å². The molecule has 0 saturated carbocycles. The van der Waals surface area contributed by atoms with Gasteiger partial charge in [0.15, 0.2) is 0 Å². The smallest absolute Gasteiger partial charge is 0.273 e. The van der Waals surface area contributed by atoms with Gasteiger partial charge in [-0.15, -0.1) is 11.3 Å². The molecule has 0 aliphatic rings. The van der Waals surface area contributed by atoms with E-state index in [0.29, 0.717) is 12.1 Å². The number of carbonyl (C=O) groups excluding carboxylic acids is 1. The minimum atomic E-state index is -0.459. The second-order valence-corrected chi connectivity index (χ2v) is 6.46. The number of hydrogen-bond donors (Lipinski definition) is 0. The summed E-state index contributed by atoms with van der Waals surface area (Å²) in [4.78, 5) is 25.3. The van der Waals surface area contributed by atoms with Crippen molar-refractivity contribution in [2.75, 3.05) is 7.05 Å². The Labute approximate surface area is 134 Å². The molecule has 2 aromatic rings. The van der Waals surface area contributed by atoms with E-state index in [1.807, 2.05) is 11.4 Å². The second kappa shape index (κ2) is 6.82. The maximum absolute atomic E-state index is 12.2. The molecule has 21 heavy (non-hydrogen) atoms. The first-order chi connectivity index (χ1) is 9.97. The number of rotatable bonds is 5. The van der Waals surface area contributed by atoms with Crippen LogP contribution in [0.25, 0.3) is 0 Å². The molecule has 0 N–H and O–H groups in total. The van der Waals surface area contributed by atoms with Gasteiger partial charge in [-0.2, -0.15) is 0 Å². The minimum absolute atomic E-state index is 0.0156. The standard InChI is InChI=1S/C14H13BrN2O3S/c1-16(8-12-7-11(15)9-21-12)14(18)6-10-4-2-3-5-13(10)17(19)20/h2-5,7,9H,6,8H2,1H3. The summed E-state index contributed by atoms with van der Waals surface area (Å²) in [5.41, 5.74) is 0.421. The van der Waals surface area contributed by atoms with Gasteiger partial charge in [0.1, 0.15) is 0 Å². The number of likely N-dealkylation sites (N-methyl/N-ethyl adjacent to an activating group) is 1. The molecule has 0 spiro atoms. The Bertz CT molecular complexity index is 672. The highest BCUT2D eigenvalue weighted by Crippen LogP contribution is 2.22. The van der Waals surface area contributed by atoms with Gasteiger partial charge in [-0.05, 0) is 22.0 Å². The lowest BCUT2D eigenvalue weighted by molar-refractivity contribution is -0.385. The fraction of sp³-hybridized carbons (Fsp3) is 0.214. The fourth-order valence-corrected chi connectivity index (χ4v) is 3.40. The molecule has 0 aliphatic heterocycles. The summed E-state index contributed by atoms with van der Waals surface area (Å²) in [6.45, 7) is 0.496. The summed E-state index contributed by atoms with van der Waals surface area (Å²) in [6.07, 6.45) is 0.0280. The number of carbonyl (C=O) groups is 1. The molecular formula is C14H13BrN2O3S. The number of thiophene rings is 1. The summed E-state index contributed by atoms with van der Waals surface area (Å²) in [5.74, 6) is -0.145. The predicted molar refractivity (Wildman–Crippen MR) is 85.3 cm³/mol. The molecule has 0 radical (unpaired) electrons. The van der Waals surface area contributed by atoms with E-state index in [1.54, 1.807) is 41.5 Å². The van der Waals surface area contributed by atoms with Gasteiger partial charge < -0.3 is 4.90 Å². The number of nitro groups is 1. The number of amides is 1. The van der Waals surface area contributed by atoms with Crippen LogP contribution < -0.4 is 0 Å². The monoisotopic (exact) mass is 368 g/mol. The third-order valence-corrected chi connectivity index (χ3v) is 4.65. The number of halogens is 1. The summed E-state index contributed by atoms with van der Waals surface area (Å²) < 4.78 is 0.988. The number of nitrogens with zero attached hydrogens (tertiary/aromatic N) is 2. The van der Waals surface area contributed by atoms with Gasteiger partial charge in [0.05, 0.1) is 17.9 Å². The van der Waals surface area contributed by atoms with Crippen molar-refractivity contribution < 1.29 is 9.72 Å². The maximum atomic E-state index is 12.2. The Kier molecular flexibility index (Phi) is 5.08. The van der Waals surface area contributed by atoms with Gasteiger partial charge in [0.2, 0.25) is 5.91 Å². The molecule has 7 heteroatoms. The van der Waals surface area contributed by atoms with Gasteiger partial charge in [-0.25, -0.2) is 0 Å². The van der Waals surface area contributed by atoms with Crippen LogP contribution in [0.1, 0.15) is 10.4 Å². The molecular weight excluding hydrogens is 356 g/mol. The zero-order valence-corrected chi connectivity index (χ0v) is 13.7. The van der Waals surface area contributed by atoms with Crippen LogP contribution in [0, 0.1) is 10.1 Å². The van der Waals surface area contributed by atoms with Crippen LogP contribution in [0.3, 0.4) is 0 Å². The van der Waals surface area contributed by atoms with E-state index in [0.717, 1.165) is 9.35 Å². The highest BCUT2D eigenvalue weighted by Gasteiger charge is 2.18. The lowest BCUT2D eigenvalue weighted by Crippen LogP contribution is -2.27. The van der Waals surface area contributed by atoms with Gasteiger partial charge in [-0.1, -0.05) is 18.2 Å². The largest absolute Gasteiger partial charge is 0.340 e. The fourth-order valence-electron chi connectivity index (χ4n) is 1.89. The van der Waals surface area contributed by atoms with Crippen molar-refractivity contribution in [1.82, 2.24) is 4.90 Å². The highest BCUT2D eigenvalue weighted by atomic mass is 79.9. The molecule has 0 bridgehead atoms. The van der Waals surface area contributed by atoms with Gasteiger partial charge >= 0.3 is 0 Å². The summed E-state index contributed by atoms with van der Waals surface area (Å²) in [6, 6.07) is 8.29. The quantitative estimate of drug-likeness (QED) is 0.597. The van der Waals surface area contributed by atoms with Crippen molar-refractivity contribution in [2.45, 2.75) is 13.0 Å². The van der Waals surface area contributed by atoms with Crippen LogP contribution in [0.2, 0.25) is 0 Å². The van der Waals surface area contributed by atoms with Crippen LogP contribution in [0.5, 0.6) is 0 Å². The van der Waals surface area contributed by atoms with E-state index in [1.165, 1.54) is 6.07 Å². The molecule has 1 aromatic heterocycles. The molecule has 0 saturated heterocycles. The Morgan fingerprint density at radius 3 is 2.76 bits per heavy atom. The summed E-state index contributed by atoms with van der Waals surface area (Å²) >= 11 is 4.93. The molecule has 0 atom stereocenters. The normalized spacial score (nSPS) is 10.4. The number of hydrogen-bond acceptors (Lipinski definition) is 4. The zero-order chi connectivity index (χ0) is 15.4. The van der Waals surface area contributed by atoms with Crippen molar-refractivity contribution in [3.63, 3.8) is 0 Å². The molecule has 1 heterocycles. The minimum Gasteiger partial charge on any atom is -0.340 e. The lowest BCUT2D eigenvalue weighted by Gasteiger charge is -2.16. The summed E-state index contributed by atoms with van der Waals surface area (Å²) in [5, 5.41) is 12.9. The maximum Gasteiger partial charge on any atom is 0.273 e. The van der Waals surface area contributed by atoms with Crippen molar-refractivity contribution in [1.29, 1.82) is 0 Å². The number of benzene rings is 1. The van der Waals surface area contributed by atoms with E-state index >= 15 is 0 Å². The highest BCUT2D eigenvalue weighted by molar-refractivity contribution is 9.10. The number of para-hydroxylation sites is 1. The van der Waals surface area contributed by atoms with Crippen LogP contribution in [-0.2, 0) is 17.8 Å². The van der Waals surface area contributed by atoms with E-state index in [9.17, 15) is 14.9 Å². The lowest BCUT2D eigenvalue weighted by atomic mass is 10.1. The zero-order valence-electron chi connectivity index (χ0n) is 11.3. The van der Waals surface area contributed by atoms with Crippen LogP contribution in [-0.4, -0.2) is 22.8 Å². The van der Waals surface area contributed by atoms with Crippen molar-refractivity contribution in [3.8, 4) is 0 Å². The van der Waals surface area contributed by atoms with Crippen LogP contribution >= 0.6 is 27.3 Å². The first-order valence-corrected chi connectivity index (χ1v) is 7.84. The average Bonchev–Trinajstić information content (AvgIpc) is 2.84. The molecule has 1 aromatic carbocycles. The van der Waals surface area contributed by atoms with E-state index in [2.05, 4.69) is 15.9 Å². The van der Waals surface area contributed by atoms with Crippen molar-refractivity contribution in [2.24, 2.45) is 0 Å². The second-order valence-electron chi connectivity index (χ2n) is 4.54. The molecule has 110 valence electrons. The van der Waals surface area contributed by atoms with Crippen molar-refractivity contribution in [3.05, 3.63) is 60.7 Å². The molecule has 0 unspecified atom stereocenters. The molecule has 5 nitrogen and oxygen atoms in total. The molecule has 2 rings (SSSR count). The van der Waals surface area contributed by atoms with E-state index in [-0.39, 0.29) is 18.0 Å². The Hall–Kier alpha value is -1.73.